The molecule has 0 bridgehead atoms. The minimum Gasteiger partial charge on any atom is -0.481 e. The summed E-state index contributed by atoms with van der Waals surface area (Å²) in [6.07, 6.45) is 28.7. The maximum atomic E-state index is 13.7. The van der Waals surface area contributed by atoms with Crippen LogP contribution in [0.4, 0.5) is 60.5 Å². The first-order valence-electron chi connectivity index (χ1n) is 38.6. The van der Waals surface area contributed by atoms with Gasteiger partial charge in [0.25, 0.3) is 0 Å². The van der Waals surface area contributed by atoms with Crippen LogP contribution < -0.4 is 76.2 Å². The lowest BCUT2D eigenvalue weighted by molar-refractivity contribution is -0.136. The Morgan fingerprint density at radius 3 is 1.47 bits per heavy atom. The monoisotopic (exact) mass is 2160 g/mol. The smallest absolute Gasteiger partial charge is 0.481 e. The maximum Gasteiger partial charge on any atom is 0.496 e. The van der Waals surface area contributed by atoms with Crippen LogP contribution in [0.15, 0.2) is 223 Å². The van der Waals surface area contributed by atoms with Crippen LogP contribution >= 0.6 is 75.3 Å². The third-order valence-corrected chi connectivity index (χ3v) is 20.6. The fraction of sp³-hybridized carbons (Fsp3) is 0.152. The molecule has 0 aliphatic carbocycles. The number of aliphatic carboxylic acids is 1. The number of halogens is 8. The Kier molecular flexibility index (Phi) is 35.7. The number of carbonyl (C=O) groups is 2. The van der Waals surface area contributed by atoms with Crippen LogP contribution in [0.2, 0.25) is 5.15 Å². The van der Waals surface area contributed by atoms with Crippen molar-refractivity contribution in [3.05, 3.63) is 242 Å². The first kappa shape index (κ1) is 102. The second kappa shape index (κ2) is 48.1. The van der Waals surface area contributed by atoms with Crippen LogP contribution in [0.1, 0.15) is 50.6 Å². The van der Waals surface area contributed by atoms with Gasteiger partial charge in [0.15, 0.2) is 29.5 Å². The van der Waals surface area contributed by atoms with E-state index in [2.05, 4.69) is 227 Å². The quantitative estimate of drug-likeness (QED) is 0.0164. The normalized spacial score (nSPS) is 11.8. The lowest BCUT2D eigenvalue weighted by Gasteiger charge is -2.32. The van der Waals surface area contributed by atoms with Gasteiger partial charge in [0, 0.05) is 49.3 Å². The number of methoxy groups -OCH3 is 3. The van der Waals surface area contributed by atoms with Crippen molar-refractivity contribution < 1.29 is 77.9 Å². The number of fused-ring (bicyclic) bond motifs is 2. The summed E-state index contributed by atoms with van der Waals surface area (Å²) in [5.74, 6) is 6.24. The zero-order valence-electron chi connectivity index (χ0n) is 71.9. The number of carboxylic acid groups (broad SMARTS) is 1. The van der Waals surface area contributed by atoms with Crippen LogP contribution in [-0.4, -0.2) is 180 Å². The van der Waals surface area contributed by atoms with Crippen molar-refractivity contribution in [1.82, 2.24) is 129 Å². The van der Waals surface area contributed by atoms with Gasteiger partial charge in [-0.05, 0) is 139 Å². The highest BCUT2D eigenvalue weighted by Gasteiger charge is 2.52. The minimum absolute atomic E-state index is 0.0278. The highest BCUT2D eigenvalue weighted by Crippen LogP contribution is 2.38. The van der Waals surface area contributed by atoms with Crippen LogP contribution in [0.5, 0.6) is 17.6 Å². The van der Waals surface area contributed by atoms with Gasteiger partial charge >= 0.3 is 13.1 Å². The van der Waals surface area contributed by atoms with Gasteiger partial charge in [0.2, 0.25) is 88.7 Å². The summed E-state index contributed by atoms with van der Waals surface area (Å²) in [6.45, 7) is 8.23. The van der Waals surface area contributed by atoms with E-state index in [1.54, 1.807) is 18.5 Å². The third kappa shape index (κ3) is 28.1. The van der Waals surface area contributed by atoms with Crippen LogP contribution in [0, 0.1) is 17.5 Å². The molecule has 18 N–H and O–H groups in total. The average molecular weight is 2160 g/mol. The molecule has 18 aromatic heterocycles. The van der Waals surface area contributed by atoms with Crippen LogP contribution in [-0.2, 0) is 38.2 Å². The molecular formula is C79H74BBr4ClF3N35O14. The van der Waals surface area contributed by atoms with Crippen LogP contribution in [0.3, 0.4) is 0 Å². The van der Waals surface area contributed by atoms with Gasteiger partial charge in [0.05, 0.1) is 119 Å². The first-order chi connectivity index (χ1) is 65.7. The standard InChI is InChI=1S/C14H11BrFN7O2.C14H9BrFN7O.C13H17BN2O2.C8H7BrN4O2.C8H8N4O2.C7H7BrN6O.C7H6FNO2.C5H6ClN3O.C3H3NO/c15-10-11(13-19-4-5-25-13)20-14(17)21-12(10)23-22-9(24)6-8-7(16)2-1-3-18-8;15-10-11(13-19-4-5-24-13)21-14(17)23-12(10)20-9(22-23)6-8-7(16)2-1-3-18-8;1-12(2)13(3,4)18-14(17-12)10-5-6-11-15-7-8-16(11)9-10;1-14-6-4(9)5(12-8(10)13-6)7-11-2-3-15-7;1-13-6-4-5(11-8(9)12-6)7-10-2-3-14-7;8-3-4(6-11-1-2-15-6)12-7(9)13-5(3)14-10;8-5-2-1-3-9-6(5)4-7(10)11;1-10-4-2-3(6)8-5(7)9-4;1-2-5-3-4-1/h1-5H,6H2,(H,22,24)(H3,17,20,21,23);1-5H,6H2,(H2,17,21);5-9H,1-4H3;2-3H,1H3,(H2,10,12,13);2-4H,1H3,(H2,9,11,12);1-2H,10H2,(H3,9,12,13,14);1-3H,4H2,(H,10,11);2H,1H3,(H2,7,8,9);1-3H. The number of rotatable bonds is 18. The zero-order valence-corrected chi connectivity index (χ0v) is 79.0. The Hall–Kier alpha value is -16.0. The zero-order chi connectivity index (χ0) is 98.5. The summed E-state index contributed by atoms with van der Waals surface area (Å²) in [4.78, 5) is 109. The number of aromatic nitrogens is 25. The topological polar surface area (TPSA) is 703 Å². The van der Waals surface area contributed by atoms with Gasteiger partial charge in [-0.3, -0.25) is 35.4 Å². The molecule has 137 heavy (non-hydrogen) atoms. The van der Waals surface area contributed by atoms with E-state index < -0.39 is 29.3 Å². The molecule has 19 heterocycles. The molecule has 1 aliphatic heterocycles. The van der Waals surface area contributed by atoms with E-state index in [0.29, 0.717) is 105 Å². The Balaban J connectivity index is 0.000000151. The predicted molar refractivity (Wildman–Crippen MR) is 498 cm³/mol. The van der Waals surface area contributed by atoms with E-state index >= 15 is 0 Å². The van der Waals surface area contributed by atoms with Crippen molar-refractivity contribution in [1.29, 1.82) is 0 Å². The number of ether oxygens (including phenoxy) is 3. The summed E-state index contributed by atoms with van der Waals surface area (Å²) in [6, 6.07) is 15.2. The number of nitrogen functional groups attached to an aromatic ring is 7. The van der Waals surface area contributed by atoms with Crippen molar-refractivity contribution >= 4 is 158 Å². The van der Waals surface area contributed by atoms with Gasteiger partial charge in [-0.15, -0.1) is 5.10 Å². The fourth-order valence-corrected chi connectivity index (χ4v) is 12.8. The van der Waals surface area contributed by atoms with Crippen molar-refractivity contribution in [3.8, 4) is 75.6 Å². The van der Waals surface area contributed by atoms with E-state index in [-0.39, 0.29) is 107 Å². The molecular weight excluding hydrogens is 2090 g/mol. The Morgan fingerprint density at radius 2 is 0.993 bits per heavy atom. The highest BCUT2D eigenvalue weighted by atomic mass is 79.9. The second-order valence-electron chi connectivity index (χ2n) is 27.2. The molecule has 1 fully saturated rings. The van der Waals surface area contributed by atoms with E-state index in [0.717, 1.165) is 11.1 Å². The number of nitrogens with two attached hydrogens (primary N) is 7. The number of carbonyl (C=O) groups excluding carboxylic acids is 1. The Morgan fingerprint density at radius 1 is 0.511 bits per heavy atom. The predicted octanol–water partition coefficient (Wildman–Crippen LogP) is 10.8. The molecule has 0 unspecified atom stereocenters. The molecule has 49 nitrogen and oxygen atoms in total. The van der Waals surface area contributed by atoms with E-state index in [1.165, 1.54) is 162 Å². The number of hydrogen-bond acceptors (Lipinski definition) is 45. The SMILES string of the molecule is CC1(C)OB(c2ccc3nccn3c2)OC1(C)C.COc1cc(-c2ncco2)nc(N)n1.COc1cc(Cl)nc(N)n1.COc1nc(N)nc(-c2ncco2)c1Br.NNc1nc(N)nc(-c2ncco2)c1Br.Nc1nc(-c2ncco2)c(Br)c2nc(Cc3ncccc3F)nn12.Nc1nc(NNC(=O)Cc2ncccc2F)c(Br)c(-c2ncco2)n1.O=C(O)Cc1ncccc1F.c1cocn1. The fourth-order valence-electron chi connectivity index (χ4n) is 10.7. The summed E-state index contributed by atoms with van der Waals surface area (Å²) in [5.41, 5.74) is 44.9. The molecule has 0 saturated carbocycles. The van der Waals surface area contributed by atoms with Crippen molar-refractivity contribution in [3.63, 3.8) is 0 Å². The minimum atomic E-state index is -1.08. The maximum absolute atomic E-state index is 13.7. The molecule has 0 radical (unpaired) electrons. The summed E-state index contributed by atoms with van der Waals surface area (Å²) < 4.78 is 102. The number of nitrogens with one attached hydrogen (secondary N) is 3. The molecule has 19 rings (SSSR count). The number of pyridine rings is 4. The van der Waals surface area contributed by atoms with Crippen molar-refractivity contribution in [2.24, 2.45) is 5.84 Å². The molecule has 0 aromatic carbocycles. The molecule has 1 aliphatic rings. The van der Waals surface area contributed by atoms with Gasteiger partial charge < -0.3 is 99.4 Å². The molecule has 18 aromatic rings. The second-order valence-corrected chi connectivity index (χ2v) is 30.8. The lowest BCUT2D eigenvalue weighted by atomic mass is 9.80. The molecule has 1 amide bonds. The van der Waals surface area contributed by atoms with E-state index in [4.69, 9.17) is 103 Å². The lowest BCUT2D eigenvalue weighted by Crippen LogP contribution is -2.41. The summed E-state index contributed by atoms with van der Waals surface area (Å²) >= 11 is 18.8. The van der Waals surface area contributed by atoms with Gasteiger partial charge in [-0.25, -0.2) is 88.8 Å². The number of oxazole rings is 6. The molecule has 1 saturated heterocycles. The van der Waals surface area contributed by atoms with Crippen LogP contribution in [0.25, 0.3) is 69.2 Å². The van der Waals surface area contributed by atoms with Gasteiger partial charge in [-0.1, -0.05) is 17.7 Å². The number of imidazole rings is 1. The Labute approximate surface area is 808 Å². The third-order valence-electron chi connectivity index (χ3n) is 17.5. The highest BCUT2D eigenvalue weighted by molar-refractivity contribution is 9.11. The number of amides is 1. The van der Waals surface area contributed by atoms with Crippen molar-refractivity contribution in [2.75, 3.05) is 66.6 Å². The Bertz CT molecular complexity index is 6840. The van der Waals surface area contributed by atoms with E-state index in [1.807, 2.05) is 28.9 Å². The number of hydrazine groups is 2. The molecule has 58 heteroatoms. The largest absolute Gasteiger partial charge is 0.496 e. The molecule has 0 spiro atoms. The van der Waals surface area contributed by atoms with Gasteiger partial charge in [-0.2, -0.15) is 29.4 Å². The number of carboxylic acids is 1. The molecule has 0 atom stereocenters. The number of nitrogens with zero attached hydrogens (tertiary/aromatic N) is 25. The molecule has 708 valence electrons. The summed E-state index contributed by atoms with van der Waals surface area (Å²) in [5, 5.41) is 12.8. The average Bonchev–Trinajstić information content (AvgIpc) is 1.62. The van der Waals surface area contributed by atoms with Gasteiger partial charge in [0.1, 0.15) is 98.8 Å². The number of hydrogen-bond donors (Lipinski definition) is 11. The first-order valence-corrected chi connectivity index (χ1v) is 42.1. The summed E-state index contributed by atoms with van der Waals surface area (Å²) in [7, 11) is 4.16. The number of anilines is 8. The van der Waals surface area contributed by atoms with E-state index in [9.17, 15) is 22.8 Å². The van der Waals surface area contributed by atoms with Crippen molar-refractivity contribution in [2.45, 2.75) is 58.2 Å².